The fourth-order valence-corrected chi connectivity index (χ4v) is 2.91. The van der Waals surface area contributed by atoms with E-state index in [4.69, 9.17) is 0 Å². The minimum absolute atomic E-state index is 0. The standard InChI is InChI=1S/C17H25BrN4O2.ClH/c1-2-3-15(16(23)22-10-8-19-9-11-22)21-17(24)20-12-13-4-6-14(18)7-5-13;/h4-7,15,19H,2-3,8-12H2,1H3,(H2,20,21,24);1H. The van der Waals surface area contributed by atoms with E-state index in [9.17, 15) is 9.59 Å². The van der Waals surface area contributed by atoms with Crippen LogP contribution in [0.4, 0.5) is 4.79 Å². The molecule has 3 amide bonds. The van der Waals surface area contributed by atoms with Crippen LogP contribution in [0.5, 0.6) is 0 Å². The van der Waals surface area contributed by atoms with Gasteiger partial charge in [0.25, 0.3) is 0 Å². The number of amides is 3. The average Bonchev–Trinajstić information content (AvgIpc) is 2.61. The molecule has 25 heavy (non-hydrogen) atoms. The van der Waals surface area contributed by atoms with E-state index in [2.05, 4.69) is 31.9 Å². The van der Waals surface area contributed by atoms with Gasteiger partial charge in [-0.2, -0.15) is 0 Å². The molecular formula is C17H26BrClN4O2. The summed E-state index contributed by atoms with van der Waals surface area (Å²) < 4.78 is 1.00. The molecule has 1 atom stereocenters. The van der Waals surface area contributed by atoms with Gasteiger partial charge in [0.05, 0.1) is 0 Å². The zero-order chi connectivity index (χ0) is 17.4. The van der Waals surface area contributed by atoms with Gasteiger partial charge in [0.15, 0.2) is 0 Å². The van der Waals surface area contributed by atoms with Gasteiger partial charge in [-0.25, -0.2) is 4.79 Å². The molecule has 2 rings (SSSR count). The first kappa shape index (κ1) is 21.7. The van der Waals surface area contributed by atoms with E-state index in [1.54, 1.807) is 0 Å². The second-order valence-electron chi connectivity index (χ2n) is 5.87. The van der Waals surface area contributed by atoms with Gasteiger partial charge in [-0.05, 0) is 24.1 Å². The van der Waals surface area contributed by atoms with Crippen molar-refractivity contribution in [1.82, 2.24) is 20.9 Å². The van der Waals surface area contributed by atoms with E-state index in [0.717, 1.165) is 29.5 Å². The smallest absolute Gasteiger partial charge is 0.315 e. The number of rotatable bonds is 6. The van der Waals surface area contributed by atoms with Gasteiger partial charge in [-0.1, -0.05) is 41.4 Å². The van der Waals surface area contributed by atoms with Gasteiger partial charge in [-0.3, -0.25) is 4.79 Å². The van der Waals surface area contributed by atoms with Crippen LogP contribution in [0.2, 0.25) is 0 Å². The predicted molar refractivity (Wildman–Crippen MR) is 105 cm³/mol. The van der Waals surface area contributed by atoms with Gasteiger partial charge in [0.1, 0.15) is 6.04 Å². The SMILES string of the molecule is CCCC(NC(=O)NCc1ccc(Br)cc1)C(=O)N1CCNCC1.Cl. The van der Waals surface area contributed by atoms with Crippen molar-refractivity contribution >= 4 is 40.3 Å². The first-order valence-corrected chi connectivity index (χ1v) is 9.17. The molecule has 1 aromatic carbocycles. The highest BCUT2D eigenvalue weighted by atomic mass is 79.9. The summed E-state index contributed by atoms with van der Waals surface area (Å²) in [5.41, 5.74) is 1.01. The molecule has 0 radical (unpaired) electrons. The maximum atomic E-state index is 12.6. The van der Waals surface area contributed by atoms with E-state index < -0.39 is 6.04 Å². The number of urea groups is 1. The largest absolute Gasteiger partial charge is 0.338 e. The highest BCUT2D eigenvalue weighted by Crippen LogP contribution is 2.10. The molecule has 1 aromatic rings. The Morgan fingerprint density at radius 2 is 1.88 bits per heavy atom. The van der Waals surface area contributed by atoms with Crippen LogP contribution in [0.3, 0.4) is 0 Å². The van der Waals surface area contributed by atoms with E-state index in [1.807, 2.05) is 36.1 Å². The zero-order valence-corrected chi connectivity index (χ0v) is 16.8. The topological polar surface area (TPSA) is 73.5 Å². The van der Waals surface area contributed by atoms with Crippen LogP contribution in [0.1, 0.15) is 25.3 Å². The third-order valence-electron chi connectivity index (χ3n) is 3.98. The maximum Gasteiger partial charge on any atom is 0.315 e. The van der Waals surface area contributed by atoms with E-state index in [1.165, 1.54) is 0 Å². The molecule has 1 aliphatic rings. The van der Waals surface area contributed by atoms with E-state index in [0.29, 0.717) is 26.1 Å². The van der Waals surface area contributed by atoms with Crippen LogP contribution < -0.4 is 16.0 Å². The molecule has 0 bridgehead atoms. The van der Waals surface area contributed by atoms with Gasteiger partial charge >= 0.3 is 6.03 Å². The third-order valence-corrected chi connectivity index (χ3v) is 4.50. The molecule has 0 saturated carbocycles. The second kappa shape index (κ2) is 11.3. The Morgan fingerprint density at radius 1 is 1.24 bits per heavy atom. The summed E-state index contributed by atoms with van der Waals surface area (Å²) in [6, 6.07) is 6.99. The number of nitrogens with one attached hydrogen (secondary N) is 3. The van der Waals surface area contributed by atoms with Gasteiger partial charge < -0.3 is 20.9 Å². The van der Waals surface area contributed by atoms with Crippen molar-refractivity contribution in [2.75, 3.05) is 26.2 Å². The molecule has 8 heteroatoms. The predicted octanol–water partition coefficient (Wildman–Crippen LogP) is 2.27. The Morgan fingerprint density at radius 3 is 2.48 bits per heavy atom. The molecule has 1 unspecified atom stereocenters. The lowest BCUT2D eigenvalue weighted by molar-refractivity contribution is -0.133. The number of halogens is 2. The highest BCUT2D eigenvalue weighted by molar-refractivity contribution is 9.10. The second-order valence-corrected chi connectivity index (χ2v) is 6.79. The number of nitrogens with zero attached hydrogens (tertiary/aromatic N) is 1. The number of hydrogen-bond donors (Lipinski definition) is 3. The molecule has 140 valence electrons. The summed E-state index contributed by atoms with van der Waals surface area (Å²) in [5.74, 6) is 0.0112. The molecule has 0 aliphatic carbocycles. The Balaban J connectivity index is 0.00000312. The van der Waals surface area contributed by atoms with Gasteiger partial charge in [0, 0.05) is 37.2 Å². The van der Waals surface area contributed by atoms with Crippen LogP contribution in [-0.4, -0.2) is 49.1 Å². The third kappa shape index (κ3) is 7.22. The van der Waals surface area contributed by atoms with Crippen molar-refractivity contribution in [3.63, 3.8) is 0 Å². The Bertz CT molecular complexity index is 550. The summed E-state index contributed by atoms with van der Waals surface area (Å²) in [6.07, 6.45) is 1.49. The quantitative estimate of drug-likeness (QED) is 0.644. The Kier molecular flexibility index (Phi) is 9.85. The van der Waals surface area contributed by atoms with Crippen molar-refractivity contribution in [3.8, 4) is 0 Å². The van der Waals surface area contributed by atoms with Crippen LogP contribution in [0.15, 0.2) is 28.7 Å². The molecular weight excluding hydrogens is 408 g/mol. The van der Waals surface area contributed by atoms with Crippen LogP contribution in [-0.2, 0) is 11.3 Å². The summed E-state index contributed by atoms with van der Waals surface area (Å²) >= 11 is 3.38. The number of piperazine rings is 1. The fraction of sp³-hybridized carbons (Fsp3) is 0.529. The summed E-state index contributed by atoms with van der Waals surface area (Å²) in [5, 5.41) is 8.87. The maximum absolute atomic E-state index is 12.6. The van der Waals surface area contributed by atoms with Crippen molar-refractivity contribution in [2.24, 2.45) is 0 Å². The van der Waals surface area contributed by atoms with Crippen molar-refractivity contribution in [1.29, 1.82) is 0 Å². The minimum atomic E-state index is -0.460. The first-order valence-electron chi connectivity index (χ1n) is 8.38. The van der Waals surface area contributed by atoms with Gasteiger partial charge in [0.2, 0.25) is 5.91 Å². The van der Waals surface area contributed by atoms with E-state index in [-0.39, 0.29) is 24.3 Å². The Labute approximate surface area is 163 Å². The molecule has 1 saturated heterocycles. The number of benzene rings is 1. The highest BCUT2D eigenvalue weighted by Gasteiger charge is 2.26. The molecule has 0 spiro atoms. The lowest BCUT2D eigenvalue weighted by Crippen LogP contribution is -2.55. The summed E-state index contributed by atoms with van der Waals surface area (Å²) in [4.78, 5) is 26.6. The average molecular weight is 434 g/mol. The first-order chi connectivity index (χ1) is 11.6. The molecule has 6 nitrogen and oxygen atoms in total. The molecule has 1 fully saturated rings. The minimum Gasteiger partial charge on any atom is -0.338 e. The summed E-state index contributed by atoms with van der Waals surface area (Å²) in [7, 11) is 0. The van der Waals surface area contributed by atoms with E-state index >= 15 is 0 Å². The number of carbonyl (C=O) groups is 2. The van der Waals surface area contributed by atoms with Gasteiger partial charge in [-0.15, -0.1) is 12.4 Å². The molecule has 0 aromatic heterocycles. The van der Waals surface area contributed by atoms with Crippen LogP contribution in [0, 0.1) is 0 Å². The monoisotopic (exact) mass is 432 g/mol. The van der Waals surface area contributed by atoms with Crippen LogP contribution >= 0.6 is 28.3 Å². The van der Waals surface area contributed by atoms with Crippen LogP contribution in [0.25, 0.3) is 0 Å². The number of carbonyl (C=O) groups excluding carboxylic acids is 2. The van der Waals surface area contributed by atoms with Crippen molar-refractivity contribution < 1.29 is 9.59 Å². The lowest BCUT2D eigenvalue weighted by atomic mass is 10.1. The molecule has 3 N–H and O–H groups in total. The van der Waals surface area contributed by atoms with Crippen molar-refractivity contribution in [2.45, 2.75) is 32.4 Å². The lowest BCUT2D eigenvalue weighted by Gasteiger charge is -2.31. The normalized spacial score (nSPS) is 15.0. The molecule has 1 aliphatic heterocycles. The van der Waals surface area contributed by atoms with Crippen molar-refractivity contribution in [3.05, 3.63) is 34.3 Å². The summed E-state index contributed by atoms with van der Waals surface area (Å²) in [6.45, 7) is 5.45. The fourth-order valence-electron chi connectivity index (χ4n) is 2.65. The zero-order valence-electron chi connectivity index (χ0n) is 14.4. The number of hydrogen-bond acceptors (Lipinski definition) is 3. The molecule has 1 heterocycles. The Hall–Kier alpha value is -1.31.